The first-order valence-corrected chi connectivity index (χ1v) is 6.19. The summed E-state index contributed by atoms with van der Waals surface area (Å²) in [5.41, 5.74) is 0.922. The number of carboxylic acids is 1. The van der Waals surface area contributed by atoms with Crippen molar-refractivity contribution in [2.45, 2.75) is 12.1 Å². The monoisotopic (exact) mass is 265 g/mol. The van der Waals surface area contributed by atoms with Gasteiger partial charge in [0.05, 0.1) is 19.3 Å². The molecule has 2 aliphatic heterocycles. The Morgan fingerprint density at radius 2 is 2.21 bits per heavy atom. The van der Waals surface area contributed by atoms with Crippen molar-refractivity contribution in [1.29, 1.82) is 0 Å². The molecule has 6 nitrogen and oxygen atoms in total. The van der Waals surface area contributed by atoms with Crippen molar-refractivity contribution in [3.05, 3.63) is 23.8 Å². The van der Waals surface area contributed by atoms with Crippen molar-refractivity contribution in [2.75, 3.05) is 26.4 Å². The molecule has 0 radical (unpaired) electrons. The Labute approximate surface area is 110 Å². The van der Waals surface area contributed by atoms with Gasteiger partial charge < -0.3 is 19.7 Å². The number of morpholine rings is 1. The van der Waals surface area contributed by atoms with Crippen LogP contribution >= 0.6 is 0 Å². The van der Waals surface area contributed by atoms with Gasteiger partial charge >= 0.3 is 5.97 Å². The zero-order chi connectivity index (χ0) is 13.4. The van der Waals surface area contributed by atoms with Gasteiger partial charge in [0, 0.05) is 18.2 Å². The fourth-order valence-corrected chi connectivity index (χ4v) is 2.66. The van der Waals surface area contributed by atoms with Crippen LogP contribution in [0.25, 0.3) is 0 Å². The molecular formula is C13H15NO5. The van der Waals surface area contributed by atoms with Gasteiger partial charge in [0.2, 0.25) is 0 Å². The zero-order valence-corrected chi connectivity index (χ0v) is 10.3. The van der Waals surface area contributed by atoms with Gasteiger partial charge in [-0.3, -0.25) is 9.69 Å². The molecule has 0 aromatic heterocycles. The lowest BCUT2D eigenvalue weighted by molar-refractivity contribution is -0.151. The molecule has 3 rings (SSSR count). The third-order valence-electron chi connectivity index (χ3n) is 3.61. The molecule has 2 atom stereocenters. The first kappa shape index (κ1) is 12.3. The lowest BCUT2D eigenvalue weighted by Crippen LogP contribution is -2.51. The topological polar surface area (TPSA) is 79.2 Å². The number of rotatable bonds is 2. The Bertz CT molecular complexity index is 504. The number of ether oxygens (including phenoxy) is 2. The highest BCUT2D eigenvalue weighted by atomic mass is 16.5. The lowest BCUT2D eigenvalue weighted by Gasteiger charge is -2.36. The number of nitrogens with zero attached hydrogens (tertiary/aromatic N) is 1. The molecule has 2 aliphatic rings. The standard InChI is InChI=1S/C13H15NO5/c15-8-1-2-9-10(7-19-12(9)5-8)14-3-4-18-6-11(14)13(16)17/h1-2,5,10-11,15H,3-4,6-7H2,(H,16,17). The highest BCUT2D eigenvalue weighted by Crippen LogP contribution is 2.39. The number of aliphatic carboxylic acids is 1. The summed E-state index contributed by atoms with van der Waals surface area (Å²) in [5.74, 6) is -0.108. The summed E-state index contributed by atoms with van der Waals surface area (Å²) >= 11 is 0. The summed E-state index contributed by atoms with van der Waals surface area (Å²) in [6, 6.07) is 4.20. The normalized spacial score (nSPS) is 26.7. The number of hydrogen-bond donors (Lipinski definition) is 2. The molecule has 0 aliphatic carbocycles. The van der Waals surface area contributed by atoms with Crippen LogP contribution in [-0.4, -0.2) is 53.5 Å². The van der Waals surface area contributed by atoms with Crippen LogP contribution in [0.15, 0.2) is 18.2 Å². The van der Waals surface area contributed by atoms with Gasteiger partial charge in [-0.1, -0.05) is 0 Å². The van der Waals surface area contributed by atoms with Gasteiger partial charge in [-0.15, -0.1) is 0 Å². The molecule has 2 unspecified atom stereocenters. The molecule has 1 aromatic rings. The molecule has 2 heterocycles. The second-order valence-corrected chi connectivity index (χ2v) is 4.72. The van der Waals surface area contributed by atoms with E-state index in [2.05, 4.69) is 0 Å². The maximum atomic E-state index is 11.3. The molecule has 2 N–H and O–H groups in total. The van der Waals surface area contributed by atoms with Gasteiger partial charge in [0.1, 0.15) is 24.1 Å². The Kier molecular flexibility index (Phi) is 3.04. The SMILES string of the molecule is O=C(O)C1COCCN1C1COc2cc(O)ccc21. The first-order valence-electron chi connectivity index (χ1n) is 6.19. The minimum absolute atomic E-state index is 0.0967. The number of phenols is 1. The van der Waals surface area contributed by atoms with E-state index in [1.165, 1.54) is 0 Å². The number of aromatic hydroxyl groups is 1. The third-order valence-corrected chi connectivity index (χ3v) is 3.61. The predicted octanol–water partition coefficient (Wildman–Crippen LogP) is 0.611. The molecule has 6 heteroatoms. The van der Waals surface area contributed by atoms with E-state index < -0.39 is 12.0 Å². The van der Waals surface area contributed by atoms with Crippen LogP contribution in [0.1, 0.15) is 11.6 Å². The number of hydrogen-bond acceptors (Lipinski definition) is 5. The number of carbonyl (C=O) groups is 1. The Morgan fingerprint density at radius 1 is 1.37 bits per heavy atom. The van der Waals surface area contributed by atoms with Crippen LogP contribution in [-0.2, 0) is 9.53 Å². The van der Waals surface area contributed by atoms with E-state index in [0.29, 0.717) is 25.5 Å². The molecule has 0 bridgehead atoms. The first-order chi connectivity index (χ1) is 9.16. The summed E-state index contributed by atoms with van der Waals surface area (Å²) in [6.45, 7) is 1.68. The smallest absolute Gasteiger partial charge is 0.323 e. The molecule has 1 saturated heterocycles. The van der Waals surface area contributed by atoms with Gasteiger partial charge in [0.15, 0.2) is 0 Å². The average Bonchev–Trinajstić information content (AvgIpc) is 2.81. The average molecular weight is 265 g/mol. The van der Waals surface area contributed by atoms with Crippen molar-refractivity contribution in [3.8, 4) is 11.5 Å². The van der Waals surface area contributed by atoms with Crippen LogP contribution < -0.4 is 4.74 Å². The molecular weight excluding hydrogens is 250 g/mol. The van der Waals surface area contributed by atoms with Crippen molar-refractivity contribution in [3.63, 3.8) is 0 Å². The summed E-state index contributed by atoms with van der Waals surface area (Å²) in [6.07, 6.45) is 0. The van der Waals surface area contributed by atoms with Crippen molar-refractivity contribution >= 4 is 5.97 Å². The van der Waals surface area contributed by atoms with Crippen molar-refractivity contribution in [2.24, 2.45) is 0 Å². The van der Waals surface area contributed by atoms with Gasteiger partial charge in [-0.2, -0.15) is 0 Å². The molecule has 0 saturated carbocycles. The Hall–Kier alpha value is -1.79. The number of carboxylic acid groups (broad SMARTS) is 1. The molecule has 19 heavy (non-hydrogen) atoms. The maximum absolute atomic E-state index is 11.3. The summed E-state index contributed by atoms with van der Waals surface area (Å²) in [5, 5.41) is 18.7. The zero-order valence-electron chi connectivity index (χ0n) is 10.3. The largest absolute Gasteiger partial charge is 0.508 e. The number of phenolic OH excluding ortho intramolecular Hbond substituents is 1. The van der Waals surface area contributed by atoms with Crippen LogP contribution in [0.5, 0.6) is 11.5 Å². The van der Waals surface area contributed by atoms with Gasteiger partial charge in [0.25, 0.3) is 0 Å². The summed E-state index contributed by atoms with van der Waals surface area (Å²) in [7, 11) is 0. The minimum atomic E-state index is -0.882. The second kappa shape index (κ2) is 4.71. The molecule has 102 valence electrons. The second-order valence-electron chi connectivity index (χ2n) is 4.72. The predicted molar refractivity (Wildman–Crippen MR) is 65.3 cm³/mol. The van der Waals surface area contributed by atoms with E-state index in [9.17, 15) is 15.0 Å². The minimum Gasteiger partial charge on any atom is -0.508 e. The molecule has 1 aromatic carbocycles. The van der Waals surface area contributed by atoms with Crippen molar-refractivity contribution in [1.82, 2.24) is 4.90 Å². The lowest BCUT2D eigenvalue weighted by atomic mass is 10.0. The quantitative estimate of drug-likeness (QED) is 0.815. The van der Waals surface area contributed by atoms with E-state index in [-0.39, 0.29) is 18.4 Å². The number of fused-ring (bicyclic) bond motifs is 1. The van der Waals surface area contributed by atoms with Crippen LogP contribution in [0.2, 0.25) is 0 Å². The van der Waals surface area contributed by atoms with Gasteiger partial charge in [-0.25, -0.2) is 0 Å². The van der Waals surface area contributed by atoms with E-state index >= 15 is 0 Å². The highest BCUT2D eigenvalue weighted by Gasteiger charge is 2.38. The van der Waals surface area contributed by atoms with Crippen LogP contribution in [0.4, 0.5) is 0 Å². The summed E-state index contributed by atoms with van der Waals surface area (Å²) < 4.78 is 10.8. The Balaban J connectivity index is 1.89. The van der Waals surface area contributed by atoms with Gasteiger partial charge in [-0.05, 0) is 12.1 Å². The van der Waals surface area contributed by atoms with E-state index in [0.717, 1.165) is 5.56 Å². The number of benzene rings is 1. The van der Waals surface area contributed by atoms with E-state index in [1.54, 1.807) is 18.2 Å². The molecule has 1 fully saturated rings. The van der Waals surface area contributed by atoms with Crippen LogP contribution in [0.3, 0.4) is 0 Å². The Morgan fingerprint density at radius 3 is 3.00 bits per heavy atom. The summed E-state index contributed by atoms with van der Waals surface area (Å²) in [4.78, 5) is 13.2. The fraction of sp³-hybridized carbons (Fsp3) is 0.462. The van der Waals surface area contributed by atoms with Crippen LogP contribution in [0, 0.1) is 0 Å². The van der Waals surface area contributed by atoms with Crippen molar-refractivity contribution < 1.29 is 24.5 Å². The molecule has 0 spiro atoms. The van der Waals surface area contributed by atoms with E-state index in [4.69, 9.17) is 9.47 Å². The maximum Gasteiger partial charge on any atom is 0.323 e. The van der Waals surface area contributed by atoms with E-state index in [1.807, 2.05) is 4.90 Å². The molecule has 0 amide bonds. The highest BCUT2D eigenvalue weighted by molar-refractivity contribution is 5.74. The third kappa shape index (κ3) is 2.13. The fourth-order valence-electron chi connectivity index (χ4n) is 2.66.